The highest BCUT2D eigenvalue weighted by Crippen LogP contribution is 2.19. The van der Waals surface area contributed by atoms with Crippen LogP contribution in [0.1, 0.15) is 5.56 Å². The first kappa shape index (κ1) is 14.5. The van der Waals surface area contributed by atoms with Crippen LogP contribution in [0.25, 0.3) is 0 Å². The molecular formula is C15H16FNO2S. The number of hydrogen-bond donors (Lipinski definition) is 0. The van der Waals surface area contributed by atoms with Crippen LogP contribution in [0.15, 0.2) is 53.4 Å². The second-order valence-electron chi connectivity index (χ2n) is 4.75. The summed E-state index contributed by atoms with van der Waals surface area (Å²) in [4.78, 5) is 2.22. The van der Waals surface area contributed by atoms with Gasteiger partial charge in [-0.15, -0.1) is 0 Å². The van der Waals surface area contributed by atoms with Gasteiger partial charge in [0, 0.05) is 25.5 Å². The molecular weight excluding hydrogens is 277 g/mol. The second kappa shape index (κ2) is 5.63. The zero-order valence-corrected chi connectivity index (χ0v) is 12.2. The summed E-state index contributed by atoms with van der Waals surface area (Å²) in [5.41, 5.74) is 1.74. The molecule has 3 nitrogen and oxygen atoms in total. The lowest BCUT2D eigenvalue weighted by atomic mass is 10.2. The Labute approximate surface area is 118 Å². The molecule has 0 aliphatic carbocycles. The Morgan fingerprint density at radius 2 is 1.75 bits per heavy atom. The van der Waals surface area contributed by atoms with E-state index in [0.29, 0.717) is 11.4 Å². The lowest BCUT2D eigenvalue weighted by Crippen LogP contribution is -2.16. The Bertz CT molecular complexity index is 696. The summed E-state index contributed by atoms with van der Waals surface area (Å²) in [6.45, 7) is 0.552. The SMILES string of the molecule is CN(Cc1cccc(F)c1)c1ccc(S(C)(=O)=O)cc1. The van der Waals surface area contributed by atoms with Crippen molar-refractivity contribution in [2.24, 2.45) is 0 Å². The van der Waals surface area contributed by atoms with Gasteiger partial charge in [0.05, 0.1) is 4.90 Å². The maximum Gasteiger partial charge on any atom is 0.175 e. The molecule has 0 atom stereocenters. The van der Waals surface area contributed by atoms with Crippen molar-refractivity contribution >= 4 is 15.5 Å². The molecule has 0 heterocycles. The Balaban J connectivity index is 2.15. The standard InChI is InChI=1S/C15H16FNO2S/c1-17(11-12-4-3-5-13(16)10-12)14-6-8-15(9-7-14)20(2,18)19/h3-10H,11H2,1-2H3. The Kier molecular flexibility index (Phi) is 4.09. The average Bonchev–Trinajstić information content (AvgIpc) is 2.38. The number of nitrogens with zero attached hydrogens (tertiary/aromatic N) is 1. The average molecular weight is 293 g/mol. The summed E-state index contributed by atoms with van der Waals surface area (Å²) >= 11 is 0. The minimum absolute atomic E-state index is 0.261. The summed E-state index contributed by atoms with van der Waals surface area (Å²) in [5, 5.41) is 0. The molecule has 0 aliphatic heterocycles. The number of halogens is 1. The predicted octanol–water partition coefficient (Wildman–Crippen LogP) is 2.87. The highest BCUT2D eigenvalue weighted by molar-refractivity contribution is 7.90. The van der Waals surface area contributed by atoms with Crippen LogP contribution in [-0.2, 0) is 16.4 Å². The summed E-state index contributed by atoms with van der Waals surface area (Å²) in [6.07, 6.45) is 1.18. The largest absolute Gasteiger partial charge is 0.370 e. The van der Waals surface area contributed by atoms with Crippen molar-refractivity contribution in [1.82, 2.24) is 0 Å². The Morgan fingerprint density at radius 3 is 2.30 bits per heavy atom. The van der Waals surface area contributed by atoms with Crippen LogP contribution in [0, 0.1) is 5.82 Å². The van der Waals surface area contributed by atoms with Crippen LogP contribution in [0.2, 0.25) is 0 Å². The molecule has 2 aromatic rings. The van der Waals surface area contributed by atoms with Gasteiger partial charge in [-0.2, -0.15) is 0 Å². The quantitative estimate of drug-likeness (QED) is 0.870. The molecule has 0 saturated heterocycles. The van der Waals surface area contributed by atoms with Crippen LogP contribution >= 0.6 is 0 Å². The van der Waals surface area contributed by atoms with Crippen molar-refractivity contribution in [2.45, 2.75) is 11.4 Å². The summed E-state index contributed by atoms with van der Waals surface area (Å²) in [6, 6.07) is 13.1. The van der Waals surface area contributed by atoms with Gasteiger partial charge in [0.2, 0.25) is 0 Å². The van der Waals surface area contributed by atoms with Gasteiger partial charge >= 0.3 is 0 Å². The first-order chi connectivity index (χ1) is 9.36. The fourth-order valence-electron chi connectivity index (χ4n) is 1.95. The van der Waals surface area contributed by atoms with Crippen molar-refractivity contribution in [1.29, 1.82) is 0 Å². The monoisotopic (exact) mass is 293 g/mol. The van der Waals surface area contributed by atoms with Crippen LogP contribution < -0.4 is 4.90 Å². The Morgan fingerprint density at radius 1 is 1.10 bits per heavy atom. The fraction of sp³-hybridized carbons (Fsp3) is 0.200. The van der Waals surface area contributed by atoms with Crippen molar-refractivity contribution < 1.29 is 12.8 Å². The van der Waals surface area contributed by atoms with Crippen molar-refractivity contribution in [3.63, 3.8) is 0 Å². The van der Waals surface area contributed by atoms with E-state index in [1.807, 2.05) is 18.0 Å². The van der Waals surface area contributed by atoms with Gasteiger partial charge in [-0.25, -0.2) is 12.8 Å². The summed E-state index contributed by atoms with van der Waals surface area (Å²) < 4.78 is 35.9. The van der Waals surface area contributed by atoms with Gasteiger partial charge in [-0.3, -0.25) is 0 Å². The maximum atomic E-state index is 13.1. The molecule has 0 spiro atoms. The van der Waals surface area contributed by atoms with E-state index in [1.54, 1.807) is 30.3 Å². The van der Waals surface area contributed by atoms with E-state index in [0.717, 1.165) is 11.3 Å². The fourth-order valence-corrected chi connectivity index (χ4v) is 2.58. The van der Waals surface area contributed by atoms with E-state index in [4.69, 9.17) is 0 Å². The van der Waals surface area contributed by atoms with Crippen LogP contribution in [0.3, 0.4) is 0 Å². The predicted molar refractivity (Wildman–Crippen MR) is 78.1 cm³/mol. The van der Waals surface area contributed by atoms with Gasteiger partial charge in [-0.05, 0) is 42.0 Å². The van der Waals surface area contributed by atoms with E-state index < -0.39 is 9.84 Å². The lowest BCUT2D eigenvalue weighted by Gasteiger charge is -2.19. The van der Waals surface area contributed by atoms with E-state index in [9.17, 15) is 12.8 Å². The number of hydrogen-bond acceptors (Lipinski definition) is 3. The van der Waals surface area contributed by atoms with Crippen LogP contribution in [0.4, 0.5) is 10.1 Å². The summed E-state index contributed by atoms with van der Waals surface area (Å²) in [5.74, 6) is -0.261. The van der Waals surface area contributed by atoms with E-state index >= 15 is 0 Å². The summed E-state index contributed by atoms with van der Waals surface area (Å²) in [7, 11) is -1.30. The number of anilines is 1. The molecule has 0 amide bonds. The third-order valence-corrected chi connectivity index (χ3v) is 4.14. The molecule has 0 saturated carbocycles. The molecule has 0 aliphatic rings. The van der Waals surface area contributed by atoms with Gasteiger partial charge in [0.1, 0.15) is 5.82 Å². The van der Waals surface area contributed by atoms with E-state index in [-0.39, 0.29) is 5.82 Å². The molecule has 5 heteroatoms. The van der Waals surface area contributed by atoms with Gasteiger partial charge in [0.15, 0.2) is 9.84 Å². The molecule has 0 N–H and O–H groups in total. The maximum absolute atomic E-state index is 13.1. The van der Waals surface area contributed by atoms with Crippen molar-refractivity contribution in [3.05, 3.63) is 59.9 Å². The molecule has 20 heavy (non-hydrogen) atoms. The molecule has 0 unspecified atom stereocenters. The minimum atomic E-state index is -3.18. The third kappa shape index (κ3) is 3.57. The second-order valence-corrected chi connectivity index (χ2v) is 6.77. The van der Waals surface area contributed by atoms with Crippen molar-refractivity contribution in [3.8, 4) is 0 Å². The molecule has 0 fully saturated rings. The number of rotatable bonds is 4. The third-order valence-electron chi connectivity index (χ3n) is 3.01. The lowest BCUT2D eigenvalue weighted by molar-refractivity contribution is 0.602. The molecule has 0 aromatic heterocycles. The normalized spacial score (nSPS) is 11.3. The highest BCUT2D eigenvalue weighted by atomic mass is 32.2. The Hall–Kier alpha value is -1.88. The number of benzene rings is 2. The molecule has 0 bridgehead atoms. The highest BCUT2D eigenvalue weighted by Gasteiger charge is 2.08. The molecule has 0 radical (unpaired) electrons. The number of sulfone groups is 1. The van der Waals surface area contributed by atoms with Gasteiger partial charge < -0.3 is 4.90 Å². The van der Waals surface area contributed by atoms with Crippen LogP contribution in [0.5, 0.6) is 0 Å². The van der Waals surface area contributed by atoms with Crippen molar-refractivity contribution in [2.75, 3.05) is 18.2 Å². The molecule has 2 rings (SSSR count). The smallest absolute Gasteiger partial charge is 0.175 e. The molecule has 2 aromatic carbocycles. The van der Waals surface area contributed by atoms with Gasteiger partial charge in [-0.1, -0.05) is 12.1 Å². The topological polar surface area (TPSA) is 37.4 Å². The van der Waals surface area contributed by atoms with Gasteiger partial charge in [0.25, 0.3) is 0 Å². The zero-order chi connectivity index (χ0) is 14.8. The molecule has 106 valence electrons. The first-order valence-electron chi connectivity index (χ1n) is 6.12. The first-order valence-corrected chi connectivity index (χ1v) is 8.01. The van der Waals surface area contributed by atoms with E-state index in [1.165, 1.54) is 18.4 Å². The minimum Gasteiger partial charge on any atom is -0.370 e. The zero-order valence-electron chi connectivity index (χ0n) is 11.4. The van der Waals surface area contributed by atoms with E-state index in [2.05, 4.69) is 0 Å². The van der Waals surface area contributed by atoms with Crippen LogP contribution in [-0.4, -0.2) is 21.7 Å².